The van der Waals surface area contributed by atoms with Crippen LogP contribution in [0.25, 0.3) is 0 Å². The molecule has 0 saturated carbocycles. The highest BCUT2D eigenvalue weighted by atomic mass is 28.5. The minimum Gasteiger partial charge on any atom is -0.571 e. The van der Waals surface area contributed by atoms with Gasteiger partial charge in [0.15, 0.2) is 0 Å². The molecule has 8 heteroatoms. The lowest BCUT2D eigenvalue weighted by Gasteiger charge is -2.54. The third kappa shape index (κ3) is 4.53. The Labute approximate surface area is 103 Å². The van der Waals surface area contributed by atoms with Crippen molar-refractivity contribution < 1.29 is 16.5 Å². The second-order valence-corrected chi connectivity index (χ2v) is 20.5. The molecule has 0 atom stereocenters. The minimum absolute atomic E-state index is 2.07. The number of hydrogen-bond donors (Lipinski definition) is 0. The van der Waals surface area contributed by atoms with E-state index in [-0.39, 0.29) is 0 Å². The summed E-state index contributed by atoms with van der Waals surface area (Å²) in [6.07, 6.45) is 0. The van der Waals surface area contributed by atoms with Crippen LogP contribution in [0.3, 0.4) is 0 Å². The second-order valence-electron chi connectivity index (χ2n) is 6.01. The van der Waals surface area contributed by atoms with E-state index >= 15 is 0 Å². The average molecular weight is 297 g/mol. The SMILES string of the molecule is C[Si]1(C)O[Si](C)(C)O[Si-](C)(C)O[Si](C)(C)O1. The zero-order chi connectivity index (χ0) is 12.8. The zero-order valence-corrected chi connectivity index (χ0v) is 15.6. The van der Waals surface area contributed by atoms with Gasteiger partial charge >= 0.3 is 8.56 Å². The second kappa shape index (κ2) is 4.12. The molecule has 0 spiro atoms. The number of hydrogen-bond acceptors (Lipinski definition) is 4. The molecule has 1 heterocycles. The van der Waals surface area contributed by atoms with Gasteiger partial charge in [-0.15, -0.1) is 13.1 Å². The van der Waals surface area contributed by atoms with Gasteiger partial charge in [0.25, 0.3) is 17.1 Å². The van der Waals surface area contributed by atoms with Crippen LogP contribution < -0.4 is 0 Å². The smallest absolute Gasteiger partial charge is 0.314 e. The van der Waals surface area contributed by atoms with Crippen LogP contribution in [0.5, 0.6) is 0 Å². The van der Waals surface area contributed by atoms with Crippen molar-refractivity contribution in [3.05, 3.63) is 0 Å². The Bertz CT molecular complexity index is 205. The molecule has 0 radical (unpaired) electrons. The lowest BCUT2D eigenvalue weighted by atomic mass is 11.9. The molecule has 0 amide bonds. The summed E-state index contributed by atoms with van der Waals surface area (Å²) in [7, 11) is -8.44. The van der Waals surface area contributed by atoms with Gasteiger partial charge in [-0.3, -0.25) is 0 Å². The van der Waals surface area contributed by atoms with Gasteiger partial charge in [-0.05, 0) is 39.3 Å². The molecule has 0 unspecified atom stereocenters. The molecule has 1 fully saturated rings. The number of rotatable bonds is 0. The van der Waals surface area contributed by atoms with Crippen LogP contribution in [-0.2, 0) is 16.5 Å². The summed E-state index contributed by atoms with van der Waals surface area (Å²) in [6.45, 7) is 16.6. The zero-order valence-electron chi connectivity index (χ0n) is 11.6. The molecule has 0 aromatic carbocycles. The quantitative estimate of drug-likeness (QED) is 0.644. The van der Waals surface area contributed by atoms with E-state index in [1.54, 1.807) is 0 Å². The van der Waals surface area contributed by atoms with Crippen molar-refractivity contribution in [2.75, 3.05) is 0 Å². The van der Waals surface area contributed by atoms with Crippen LogP contribution >= 0.6 is 0 Å². The molecule has 16 heavy (non-hydrogen) atoms. The van der Waals surface area contributed by atoms with E-state index in [0.717, 1.165) is 0 Å². The first-order valence-corrected chi connectivity index (χ1v) is 16.9. The lowest BCUT2D eigenvalue weighted by Crippen LogP contribution is -2.64. The molecule has 1 aliphatic rings. The molecule has 1 aliphatic heterocycles. The average Bonchev–Trinajstić information content (AvgIpc) is 1.67. The molecule has 0 N–H and O–H groups in total. The third-order valence-electron chi connectivity index (χ3n) is 1.97. The Hall–Kier alpha value is 0.708. The standard InChI is InChI=1S/C8H24O4Si4/c1-13(2)9-14(3,4)11-16(7,8)12-15(5,6)10-13/h1-8H3/q-1. The molecule has 97 valence electrons. The highest BCUT2D eigenvalue weighted by Gasteiger charge is 2.45. The van der Waals surface area contributed by atoms with E-state index in [0.29, 0.717) is 0 Å². The van der Waals surface area contributed by atoms with Crippen molar-refractivity contribution in [3.63, 3.8) is 0 Å². The molecule has 0 bridgehead atoms. The normalized spacial score (nSPS) is 31.5. The van der Waals surface area contributed by atoms with E-state index in [2.05, 4.69) is 52.4 Å². The summed E-state index contributed by atoms with van der Waals surface area (Å²) in [4.78, 5) is 0. The van der Waals surface area contributed by atoms with Gasteiger partial charge in [0, 0.05) is 0 Å². The summed E-state index contributed by atoms with van der Waals surface area (Å²) >= 11 is 0. The van der Waals surface area contributed by atoms with E-state index in [1.807, 2.05) is 0 Å². The fourth-order valence-corrected chi connectivity index (χ4v) is 23.6. The van der Waals surface area contributed by atoms with E-state index < -0.39 is 34.2 Å². The fraction of sp³-hybridized carbons (Fsp3) is 1.00. The van der Waals surface area contributed by atoms with Crippen LogP contribution in [0.4, 0.5) is 0 Å². The lowest BCUT2D eigenvalue weighted by molar-refractivity contribution is 0.238. The van der Waals surface area contributed by atoms with Crippen molar-refractivity contribution in [2.24, 2.45) is 0 Å². The molecule has 0 aliphatic carbocycles. The molecule has 0 aromatic rings. The molecule has 0 aromatic heterocycles. The van der Waals surface area contributed by atoms with E-state index in [9.17, 15) is 0 Å². The van der Waals surface area contributed by atoms with Gasteiger partial charge < -0.3 is 16.5 Å². The summed E-state index contributed by atoms with van der Waals surface area (Å²) in [5.41, 5.74) is 0. The summed E-state index contributed by atoms with van der Waals surface area (Å²) in [5, 5.41) is 0. The highest BCUT2D eigenvalue weighted by Crippen LogP contribution is 2.30. The molecular weight excluding hydrogens is 272 g/mol. The first-order chi connectivity index (χ1) is 6.83. The molecule has 1 rings (SSSR count). The van der Waals surface area contributed by atoms with Gasteiger partial charge in [0.2, 0.25) is 0 Å². The van der Waals surface area contributed by atoms with E-state index in [1.165, 1.54) is 0 Å². The monoisotopic (exact) mass is 296 g/mol. The Morgan fingerprint density at radius 3 is 1.25 bits per heavy atom. The first kappa shape index (κ1) is 14.8. The van der Waals surface area contributed by atoms with Crippen LogP contribution in [0.1, 0.15) is 0 Å². The maximum absolute atomic E-state index is 6.16. The van der Waals surface area contributed by atoms with Crippen LogP contribution in [0, 0.1) is 0 Å². The van der Waals surface area contributed by atoms with Gasteiger partial charge in [-0.25, -0.2) is 0 Å². The van der Waals surface area contributed by atoms with Crippen molar-refractivity contribution >= 4 is 34.2 Å². The maximum Gasteiger partial charge on any atom is 0.314 e. The van der Waals surface area contributed by atoms with Gasteiger partial charge in [0.05, 0.1) is 0 Å². The molecular formula is C8H24O4Si4-. The van der Waals surface area contributed by atoms with Crippen molar-refractivity contribution in [3.8, 4) is 0 Å². The molecule has 4 nitrogen and oxygen atoms in total. The van der Waals surface area contributed by atoms with Crippen molar-refractivity contribution in [1.82, 2.24) is 0 Å². The van der Waals surface area contributed by atoms with Gasteiger partial charge in [0.1, 0.15) is 8.56 Å². The minimum atomic E-state index is -2.11. The van der Waals surface area contributed by atoms with Crippen molar-refractivity contribution in [2.45, 2.75) is 52.4 Å². The predicted molar refractivity (Wildman–Crippen MR) is 74.3 cm³/mol. The summed E-state index contributed by atoms with van der Waals surface area (Å²) in [5.74, 6) is 0. The predicted octanol–water partition coefficient (Wildman–Crippen LogP) is 2.87. The highest BCUT2D eigenvalue weighted by molar-refractivity contribution is 6.92. The van der Waals surface area contributed by atoms with Crippen molar-refractivity contribution in [1.29, 1.82) is 0 Å². The molecule has 1 saturated heterocycles. The fourth-order valence-electron chi connectivity index (χ4n) is 2.45. The first-order valence-electron chi connectivity index (χ1n) is 5.63. The summed E-state index contributed by atoms with van der Waals surface area (Å²) in [6, 6.07) is 0. The van der Waals surface area contributed by atoms with Crippen LogP contribution in [-0.4, -0.2) is 34.2 Å². The van der Waals surface area contributed by atoms with Gasteiger partial charge in [-0.2, -0.15) is 0 Å². The van der Waals surface area contributed by atoms with E-state index in [4.69, 9.17) is 16.5 Å². The maximum atomic E-state index is 6.16. The van der Waals surface area contributed by atoms with Crippen LogP contribution in [0.2, 0.25) is 52.4 Å². The van der Waals surface area contributed by atoms with Gasteiger partial charge in [-0.1, -0.05) is 0 Å². The third-order valence-corrected chi connectivity index (χ3v) is 17.7. The Balaban J connectivity index is 2.98. The largest absolute Gasteiger partial charge is 0.571 e. The van der Waals surface area contributed by atoms with Crippen LogP contribution in [0.15, 0.2) is 0 Å². The Morgan fingerprint density at radius 2 is 0.938 bits per heavy atom. The summed E-state index contributed by atoms with van der Waals surface area (Å²) < 4.78 is 24.6. The Kier molecular flexibility index (Phi) is 3.81. The topological polar surface area (TPSA) is 36.9 Å². The Morgan fingerprint density at radius 1 is 0.625 bits per heavy atom.